The van der Waals surface area contributed by atoms with Crippen molar-refractivity contribution >= 4 is 5.91 Å². The van der Waals surface area contributed by atoms with Crippen LogP contribution in [0.3, 0.4) is 0 Å². The van der Waals surface area contributed by atoms with Crippen molar-refractivity contribution in [2.24, 2.45) is 5.92 Å². The molecular weight excluding hydrogens is 390 g/mol. The number of piperidine rings is 1. The Hall–Kier alpha value is -3.12. The minimum absolute atomic E-state index is 0.0628. The van der Waals surface area contributed by atoms with Crippen LogP contribution in [0, 0.1) is 5.92 Å². The molecule has 0 radical (unpaired) electrons. The van der Waals surface area contributed by atoms with Gasteiger partial charge >= 0.3 is 0 Å². The number of pyridine rings is 1. The van der Waals surface area contributed by atoms with Gasteiger partial charge < -0.3 is 18.8 Å². The number of aromatic nitrogens is 1. The zero-order valence-corrected chi connectivity index (χ0v) is 18.0. The maximum Gasteiger partial charge on any atom is 0.289 e. The monoisotopic (exact) mass is 418 g/mol. The summed E-state index contributed by atoms with van der Waals surface area (Å²) in [6.07, 6.45) is 2.55. The number of fused-ring (bicyclic) bond motifs is 4. The smallest absolute Gasteiger partial charge is 0.289 e. The number of quaternary nitrogens is 1. The fourth-order valence-corrected chi connectivity index (χ4v) is 5.19. The highest BCUT2D eigenvalue weighted by Gasteiger charge is 2.37. The molecule has 2 aromatic heterocycles. The molecule has 3 aromatic rings. The highest BCUT2D eigenvalue weighted by atomic mass is 16.3. The second-order valence-corrected chi connectivity index (χ2v) is 9.11. The van der Waals surface area contributed by atoms with Crippen molar-refractivity contribution in [3.8, 4) is 11.1 Å². The SMILES string of the molecule is C[NH+](C)Cc1ccccc1-c1ccc2n(c1=O)C[C@H]1C[C@@H]2CN(C(=O)c2ccco2)C1. The van der Waals surface area contributed by atoms with Crippen LogP contribution in [-0.2, 0) is 13.1 Å². The lowest BCUT2D eigenvalue weighted by atomic mass is 9.82. The van der Waals surface area contributed by atoms with Crippen LogP contribution in [0.25, 0.3) is 11.1 Å². The molecule has 2 bridgehead atoms. The average Bonchev–Trinajstić information content (AvgIpc) is 3.29. The standard InChI is InChI=1S/C25H27N3O3/c1-26(2)15-18-6-3-4-7-20(18)21-9-10-22-19-12-17(14-28(22)24(21)29)13-27(16-19)25(30)23-8-5-11-31-23/h3-11,17,19H,12-16H2,1-2H3/p+1/t17-,19+/m0/s1. The van der Waals surface area contributed by atoms with E-state index in [2.05, 4.69) is 32.3 Å². The molecule has 2 atom stereocenters. The van der Waals surface area contributed by atoms with E-state index in [0.717, 1.165) is 29.8 Å². The quantitative estimate of drug-likeness (QED) is 0.705. The van der Waals surface area contributed by atoms with E-state index < -0.39 is 0 Å². The maximum absolute atomic E-state index is 13.5. The molecule has 2 aliphatic heterocycles. The number of furan rings is 1. The van der Waals surface area contributed by atoms with Gasteiger partial charge in [-0.15, -0.1) is 0 Å². The first kappa shape index (κ1) is 19.8. The van der Waals surface area contributed by atoms with Crippen LogP contribution < -0.4 is 10.5 Å². The Morgan fingerprint density at radius 1 is 1.03 bits per heavy atom. The number of carbonyl (C=O) groups excluding carboxylic acids is 1. The molecule has 6 heteroatoms. The number of carbonyl (C=O) groups is 1. The third-order valence-corrected chi connectivity index (χ3v) is 6.47. The van der Waals surface area contributed by atoms with Crippen molar-refractivity contribution in [3.63, 3.8) is 0 Å². The Kier molecular flexibility index (Phi) is 5.02. The number of nitrogens with one attached hydrogen (secondary N) is 1. The lowest BCUT2D eigenvalue weighted by Gasteiger charge is -2.42. The van der Waals surface area contributed by atoms with Crippen molar-refractivity contribution in [2.45, 2.75) is 25.4 Å². The number of amides is 1. The third-order valence-electron chi connectivity index (χ3n) is 6.47. The minimum atomic E-state index is -0.0628. The fourth-order valence-electron chi connectivity index (χ4n) is 5.19. The summed E-state index contributed by atoms with van der Waals surface area (Å²) in [5.74, 6) is 0.772. The van der Waals surface area contributed by atoms with Crippen molar-refractivity contribution in [3.05, 3.63) is 82.2 Å². The van der Waals surface area contributed by atoms with Gasteiger partial charge in [0.2, 0.25) is 0 Å². The van der Waals surface area contributed by atoms with Gasteiger partial charge in [-0.25, -0.2) is 0 Å². The van der Waals surface area contributed by atoms with E-state index in [-0.39, 0.29) is 23.3 Å². The third kappa shape index (κ3) is 3.61. The van der Waals surface area contributed by atoms with Crippen LogP contribution in [0.15, 0.2) is 64.0 Å². The van der Waals surface area contributed by atoms with Gasteiger partial charge in [-0.1, -0.05) is 24.3 Å². The molecule has 1 fully saturated rings. The van der Waals surface area contributed by atoms with E-state index in [1.807, 2.05) is 27.7 Å². The Labute approximate surface area is 181 Å². The number of rotatable bonds is 4. The highest BCUT2D eigenvalue weighted by Crippen LogP contribution is 2.36. The molecule has 0 unspecified atom stereocenters. The molecule has 1 aromatic carbocycles. The van der Waals surface area contributed by atoms with Crippen molar-refractivity contribution in [1.29, 1.82) is 0 Å². The van der Waals surface area contributed by atoms with Gasteiger partial charge in [0.05, 0.1) is 20.4 Å². The molecule has 4 heterocycles. The van der Waals surface area contributed by atoms with Crippen molar-refractivity contribution in [1.82, 2.24) is 9.47 Å². The first-order valence-electron chi connectivity index (χ1n) is 10.9. The van der Waals surface area contributed by atoms with Crippen LogP contribution in [-0.4, -0.2) is 42.6 Å². The lowest BCUT2D eigenvalue weighted by molar-refractivity contribution is -0.872. The molecule has 1 amide bonds. The Morgan fingerprint density at radius 3 is 2.65 bits per heavy atom. The van der Waals surface area contributed by atoms with E-state index in [4.69, 9.17) is 4.42 Å². The van der Waals surface area contributed by atoms with E-state index >= 15 is 0 Å². The topological polar surface area (TPSA) is 59.9 Å². The molecule has 5 rings (SSSR count). The molecule has 1 N–H and O–H groups in total. The van der Waals surface area contributed by atoms with Gasteiger partial charge in [-0.2, -0.15) is 0 Å². The maximum atomic E-state index is 13.5. The number of likely N-dealkylation sites (tertiary alicyclic amines) is 1. The van der Waals surface area contributed by atoms with Crippen molar-refractivity contribution < 1.29 is 14.1 Å². The van der Waals surface area contributed by atoms with Crippen LogP contribution >= 0.6 is 0 Å². The summed E-state index contributed by atoms with van der Waals surface area (Å²) in [6, 6.07) is 15.7. The lowest BCUT2D eigenvalue weighted by Crippen LogP contribution is -3.04. The first-order chi connectivity index (χ1) is 15.0. The molecule has 1 saturated heterocycles. The van der Waals surface area contributed by atoms with Gasteiger partial charge in [-0.3, -0.25) is 9.59 Å². The second kappa shape index (κ2) is 7.85. The second-order valence-electron chi connectivity index (χ2n) is 9.11. The zero-order valence-electron chi connectivity index (χ0n) is 18.0. The summed E-state index contributed by atoms with van der Waals surface area (Å²) < 4.78 is 7.27. The molecule has 0 spiro atoms. The number of hydrogen-bond acceptors (Lipinski definition) is 3. The van der Waals surface area contributed by atoms with Gasteiger partial charge in [0.25, 0.3) is 11.5 Å². The first-order valence-corrected chi connectivity index (χ1v) is 10.9. The summed E-state index contributed by atoms with van der Waals surface area (Å²) in [5.41, 5.74) is 4.10. The number of nitrogens with zero attached hydrogens (tertiary/aromatic N) is 2. The zero-order chi connectivity index (χ0) is 21.5. The van der Waals surface area contributed by atoms with E-state index in [1.165, 1.54) is 16.7 Å². The predicted molar refractivity (Wildman–Crippen MR) is 118 cm³/mol. The Morgan fingerprint density at radius 2 is 1.87 bits per heavy atom. The highest BCUT2D eigenvalue weighted by molar-refractivity contribution is 5.91. The van der Waals surface area contributed by atoms with Crippen LogP contribution in [0.4, 0.5) is 0 Å². The molecule has 2 aliphatic rings. The van der Waals surface area contributed by atoms with Crippen molar-refractivity contribution in [2.75, 3.05) is 27.2 Å². The van der Waals surface area contributed by atoms with Crippen LogP contribution in [0.2, 0.25) is 0 Å². The molecule has 160 valence electrons. The van der Waals surface area contributed by atoms with E-state index in [1.54, 1.807) is 12.1 Å². The molecule has 31 heavy (non-hydrogen) atoms. The van der Waals surface area contributed by atoms with Gasteiger partial charge in [-0.05, 0) is 42.2 Å². The summed E-state index contributed by atoms with van der Waals surface area (Å²) >= 11 is 0. The Balaban J connectivity index is 1.48. The summed E-state index contributed by atoms with van der Waals surface area (Å²) in [7, 11) is 4.24. The van der Waals surface area contributed by atoms with Gasteiger partial charge in [0, 0.05) is 42.4 Å². The number of hydrogen-bond donors (Lipinski definition) is 1. The summed E-state index contributed by atoms with van der Waals surface area (Å²) in [5, 5.41) is 0. The van der Waals surface area contributed by atoms with E-state index in [9.17, 15) is 9.59 Å². The number of benzene rings is 1. The normalized spacial score (nSPS) is 20.0. The molecule has 6 nitrogen and oxygen atoms in total. The minimum Gasteiger partial charge on any atom is -0.459 e. The summed E-state index contributed by atoms with van der Waals surface area (Å²) in [6.45, 7) is 2.80. The Bertz CT molecular complexity index is 1160. The largest absolute Gasteiger partial charge is 0.459 e. The van der Waals surface area contributed by atoms with Crippen LogP contribution in [0.1, 0.15) is 34.2 Å². The van der Waals surface area contributed by atoms with Crippen LogP contribution in [0.5, 0.6) is 0 Å². The molecule has 0 aliphatic carbocycles. The fraction of sp³-hybridized carbons (Fsp3) is 0.360. The van der Waals surface area contributed by atoms with E-state index in [0.29, 0.717) is 25.4 Å². The van der Waals surface area contributed by atoms with Gasteiger partial charge in [0.1, 0.15) is 6.54 Å². The molecule has 0 saturated carbocycles. The summed E-state index contributed by atoms with van der Waals surface area (Å²) in [4.78, 5) is 29.5. The predicted octanol–water partition coefficient (Wildman–Crippen LogP) is 2.01. The van der Waals surface area contributed by atoms with Gasteiger partial charge in [0.15, 0.2) is 5.76 Å². The molecular formula is C25H28N3O3+. The average molecular weight is 419 g/mol.